The second-order valence-electron chi connectivity index (χ2n) is 5.39. The molecule has 1 aromatic carbocycles. The number of hydrogen-bond acceptors (Lipinski definition) is 3. The molecule has 1 atom stereocenters. The van der Waals surface area contributed by atoms with E-state index in [1.54, 1.807) is 6.92 Å². The van der Waals surface area contributed by atoms with Crippen LogP contribution < -0.4 is 5.32 Å². The molecule has 2 aromatic rings. The van der Waals surface area contributed by atoms with Crippen LogP contribution in [0.5, 0.6) is 0 Å². The minimum Gasteiger partial charge on any atom is -0.369 e. The lowest BCUT2D eigenvalue weighted by atomic mass is 10.1. The number of anilines is 1. The summed E-state index contributed by atoms with van der Waals surface area (Å²) in [5.74, 6) is 0.811. The van der Waals surface area contributed by atoms with Crippen molar-refractivity contribution in [2.75, 3.05) is 11.9 Å². The van der Waals surface area contributed by atoms with E-state index in [4.69, 9.17) is 4.74 Å². The van der Waals surface area contributed by atoms with Gasteiger partial charge in [-0.1, -0.05) is 0 Å². The van der Waals surface area contributed by atoms with Crippen molar-refractivity contribution in [3.05, 3.63) is 41.5 Å². The van der Waals surface area contributed by atoms with Crippen LogP contribution in [0.1, 0.15) is 30.9 Å². The van der Waals surface area contributed by atoms with Crippen molar-refractivity contribution in [2.45, 2.75) is 40.7 Å². The molecule has 22 heavy (non-hydrogen) atoms. The first kappa shape index (κ1) is 16.2. The second-order valence-corrected chi connectivity index (χ2v) is 5.39. The largest absolute Gasteiger partial charge is 0.369 e. The molecule has 0 spiro atoms. The summed E-state index contributed by atoms with van der Waals surface area (Å²) in [6.07, 6.45) is 1.54. The summed E-state index contributed by atoms with van der Waals surface area (Å²) in [7, 11) is 0. The van der Waals surface area contributed by atoms with Crippen LogP contribution in [-0.4, -0.2) is 28.2 Å². The number of nitrogens with zero attached hydrogens (tertiary/aromatic N) is 2. The zero-order valence-electron chi connectivity index (χ0n) is 13.8. The van der Waals surface area contributed by atoms with Gasteiger partial charge in [0.1, 0.15) is 11.9 Å². The molecule has 1 aromatic heterocycles. The predicted molar refractivity (Wildman–Crippen MR) is 87.5 cm³/mol. The molecule has 118 valence electrons. The van der Waals surface area contributed by atoms with Gasteiger partial charge in [-0.2, -0.15) is 0 Å². The Bertz CT molecular complexity index is 677. The average Bonchev–Trinajstić information content (AvgIpc) is 2.80. The number of carbonyl (C=O) groups is 1. The Labute approximate surface area is 131 Å². The van der Waals surface area contributed by atoms with E-state index >= 15 is 0 Å². The van der Waals surface area contributed by atoms with Crippen molar-refractivity contribution >= 4 is 11.6 Å². The van der Waals surface area contributed by atoms with Gasteiger partial charge in [-0.3, -0.25) is 4.79 Å². The van der Waals surface area contributed by atoms with Crippen molar-refractivity contribution in [1.29, 1.82) is 0 Å². The van der Waals surface area contributed by atoms with Gasteiger partial charge in [-0.25, -0.2) is 4.98 Å². The Balaban J connectivity index is 2.20. The van der Waals surface area contributed by atoms with E-state index in [-0.39, 0.29) is 5.91 Å². The van der Waals surface area contributed by atoms with Crippen LogP contribution in [0.25, 0.3) is 5.69 Å². The van der Waals surface area contributed by atoms with Crippen LogP contribution in [-0.2, 0) is 9.53 Å². The Morgan fingerprint density at radius 1 is 1.36 bits per heavy atom. The van der Waals surface area contributed by atoms with Gasteiger partial charge in [0.2, 0.25) is 0 Å². The van der Waals surface area contributed by atoms with Crippen molar-refractivity contribution in [1.82, 2.24) is 9.55 Å². The molecule has 1 unspecified atom stereocenters. The molecule has 0 bridgehead atoms. The van der Waals surface area contributed by atoms with E-state index in [9.17, 15) is 4.79 Å². The number of carbonyl (C=O) groups excluding carboxylic acids is 1. The van der Waals surface area contributed by atoms with Gasteiger partial charge in [0.15, 0.2) is 0 Å². The van der Waals surface area contributed by atoms with Gasteiger partial charge in [-0.15, -0.1) is 0 Å². The number of nitrogens with one attached hydrogen (secondary N) is 1. The van der Waals surface area contributed by atoms with Crippen LogP contribution in [0.4, 0.5) is 5.69 Å². The average molecular weight is 301 g/mol. The number of imidazole rings is 1. The zero-order chi connectivity index (χ0) is 16.3. The molecule has 0 saturated heterocycles. The third-order valence-electron chi connectivity index (χ3n) is 3.53. The summed E-state index contributed by atoms with van der Waals surface area (Å²) in [5, 5.41) is 2.90. The molecule has 0 aliphatic carbocycles. The number of rotatable bonds is 5. The molecule has 0 aliphatic rings. The molecule has 5 nitrogen and oxygen atoms in total. The summed E-state index contributed by atoms with van der Waals surface area (Å²) >= 11 is 0. The van der Waals surface area contributed by atoms with E-state index in [0.717, 1.165) is 28.5 Å². The molecule has 1 amide bonds. The molecule has 5 heteroatoms. The Hall–Kier alpha value is -2.14. The van der Waals surface area contributed by atoms with E-state index in [2.05, 4.69) is 10.3 Å². The van der Waals surface area contributed by atoms with Gasteiger partial charge in [0.05, 0.1) is 5.69 Å². The fraction of sp³-hybridized carbons (Fsp3) is 0.412. The standard InChI is InChI=1S/C17H23N3O2/c1-6-22-13(4)17(21)19-16-8-7-15(9-11(16)2)20-10-12(3)18-14(20)5/h7-10,13H,6H2,1-5H3,(H,19,21). The fourth-order valence-electron chi connectivity index (χ4n) is 2.38. The van der Waals surface area contributed by atoms with Gasteiger partial charge in [-0.05, 0) is 58.4 Å². The quantitative estimate of drug-likeness (QED) is 0.923. The molecule has 0 saturated carbocycles. The molecule has 2 rings (SSSR count). The van der Waals surface area contributed by atoms with E-state index in [1.165, 1.54) is 0 Å². The number of ether oxygens (including phenoxy) is 1. The number of hydrogen-bond donors (Lipinski definition) is 1. The minimum absolute atomic E-state index is 0.132. The molecule has 1 N–H and O–H groups in total. The SMILES string of the molecule is CCOC(C)C(=O)Nc1ccc(-n2cc(C)nc2C)cc1C. The van der Waals surface area contributed by atoms with Crippen LogP contribution in [0.15, 0.2) is 24.4 Å². The van der Waals surface area contributed by atoms with Gasteiger partial charge in [0.25, 0.3) is 5.91 Å². The third kappa shape index (κ3) is 3.54. The molecule has 1 heterocycles. The lowest BCUT2D eigenvalue weighted by Crippen LogP contribution is -2.28. The maximum Gasteiger partial charge on any atom is 0.253 e. The smallest absolute Gasteiger partial charge is 0.253 e. The van der Waals surface area contributed by atoms with Crippen LogP contribution in [0.3, 0.4) is 0 Å². The molecule has 0 aliphatic heterocycles. The number of aromatic nitrogens is 2. The van der Waals surface area contributed by atoms with E-state index < -0.39 is 6.10 Å². The first-order valence-corrected chi connectivity index (χ1v) is 7.48. The summed E-state index contributed by atoms with van der Waals surface area (Å²) in [5.41, 5.74) is 3.82. The second kappa shape index (κ2) is 6.75. The maximum absolute atomic E-state index is 12.0. The minimum atomic E-state index is -0.456. The van der Waals surface area contributed by atoms with Crippen molar-refractivity contribution in [3.8, 4) is 5.69 Å². The monoisotopic (exact) mass is 301 g/mol. The van der Waals surface area contributed by atoms with Crippen LogP contribution in [0.2, 0.25) is 0 Å². The number of aryl methyl sites for hydroxylation is 3. The van der Waals surface area contributed by atoms with Crippen LogP contribution >= 0.6 is 0 Å². The van der Waals surface area contributed by atoms with Crippen molar-refractivity contribution in [3.63, 3.8) is 0 Å². The number of benzene rings is 1. The summed E-state index contributed by atoms with van der Waals surface area (Å²) < 4.78 is 7.34. The molecule has 0 fully saturated rings. The Kier molecular flexibility index (Phi) is 4.98. The highest BCUT2D eigenvalue weighted by Crippen LogP contribution is 2.21. The highest BCUT2D eigenvalue weighted by atomic mass is 16.5. The molecular formula is C17H23N3O2. The zero-order valence-corrected chi connectivity index (χ0v) is 13.8. The topological polar surface area (TPSA) is 56.1 Å². The maximum atomic E-state index is 12.0. The van der Waals surface area contributed by atoms with Crippen molar-refractivity contribution < 1.29 is 9.53 Å². The summed E-state index contributed by atoms with van der Waals surface area (Å²) in [6, 6.07) is 5.92. The lowest BCUT2D eigenvalue weighted by molar-refractivity contribution is -0.126. The van der Waals surface area contributed by atoms with Gasteiger partial charge < -0.3 is 14.6 Å². The normalized spacial score (nSPS) is 12.2. The van der Waals surface area contributed by atoms with E-state index in [0.29, 0.717) is 6.61 Å². The first-order valence-electron chi connectivity index (χ1n) is 7.48. The van der Waals surface area contributed by atoms with Crippen LogP contribution in [0, 0.1) is 20.8 Å². The third-order valence-corrected chi connectivity index (χ3v) is 3.53. The van der Waals surface area contributed by atoms with Crippen molar-refractivity contribution in [2.24, 2.45) is 0 Å². The van der Waals surface area contributed by atoms with E-state index in [1.807, 2.05) is 56.7 Å². The highest BCUT2D eigenvalue weighted by molar-refractivity contribution is 5.94. The number of amides is 1. The summed E-state index contributed by atoms with van der Waals surface area (Å²) in [4.78, 5) is 16.4. The Morgan fingerprint density at radius 3 is 2.64 bits per heavy atom. The highest BCUT2D eigenvalue weighted by Gasteiger charge is 2.14. The first-order chi connectivity index (χ1) is 10.4. The lowest BCUT2D eigenvalue weighted by Gasteiger charge is -2.15. The Morgan fingerprint density at radius 2 is 2.09 bits per heavy atom. The fourth-order valence-corrected chi connectivity index (χ4v) is 2.38. The predicted octanol–water partition coefficient (Wildman–Crippen LogP) is 3.16. The van der Waals surface area contributed by atoms with Gasteiger partial charge in [0, 0.05) is 24.2 Å². The summed E-state index contributed by atoms with van der Waals surface area (Å²) in [6.45, 7) is 10.1. The molecular weight excluding hydrogens is 278 g/mol. The van der Waals surface area contributed by atoms with Gasteiger partial charge >= 0.3 is 0 Å². The molecule has 0 radical (unpaired) electrons.